The van der Waals surface area contributed by atoms with E-state index in [9.17, 15) is 9.59 Å². The van der Waals surface area contributed by atoms with Crippen molar-refractivity contribution in [3.05, 3.63) is 71.3 Å². The van der Waals surface area contributed by atoms with E-state index in [1.165, 1.54) is 16.9 Å². The molecule has 0 saturated heterocycles. The number of hydrogen-bond acceptors (Lipinski definition) is 6. The number of thioether (sulfide) groups is 1. The smallest absolute Gasteiger partial charge is 0.312 e. The molecule has 1 aromatic heterocycles. The summed E-state index contributed by atoms with van der Waals surface area (Å²) in [5.41, 5.74) is 7.58. The fourth-order valence-electron chi connectivity index (χ4n) is 2.17. The van der Waals surface area contributed by atoms with Crippen LogP contribution >= 0.6 is 23.1 Å². The van der Waals surface area contributed by atoms with Gasteiger partial charge in [-0.2, -0.15) is 0 Å². The number of nitrogens with one attached hydrogen (secondary N) is 2. The van der Waals surface area contributed by atoms with Crippen LogP contribution in [0.3, 0.4) is 0 Å². The highest BCUT2D eigenvalue weighted by Crippen LogP contribution is 2.28. The van der Waals surface area contributed by atoms with Gasteiger partial charge in [-0.25, -0.2) is 4.79 Å². The number of anilines is 1. The zero-order chi connectivity index (χ0) is 19.1. The summed E-state index contributed by atoms with van der Waals surface area (Å²) < 4.78 is 0.794. The summed E-state index contributed by atoms with van der Waals surface area (Å²) in [5.74, 6) is 0.532. The van der Waals surface area contributed by atoms with Crippen molar-refractivity contribution < 1.29 is 9.59 Å². The number of primary amides is 1. The monoisotopic (exact) mass is 399 g/mol. The molecule has 0 saturated carbocycles. The maximum Gasteiger partial charge on any atom is 0.312 e. The number of nitrogens with two attached hydrogens (primary N) is 1. The van der Waals surface area contributed by atoms with Crippen LogP contribution in [-0.2, 0) is 12.3 Å². The maximum atomic E-state index is 12.3. The predicted octanol–water partition coefficient (Wildman–Crippen LogP) is 3.25. The zero-order valence-electron chi connectivity index (χ0n) is 14.2. The van der Waals surface area contributed by atoms with E-state index in [2.05, 4.69) is 33.0 Å². The second-order valence-electron chi connectivity index (χ2n) is 5.52. The first-order valence-corrected chi connectivity index (χ1v) is 9.84. The zero-order valence-corrected chi connectivity index (χ0v) is 15.8. The Hall–Kier alpha value is -2.91. The number of nitrogens with zero attached hydrogens (tertiary/aromatic N) is 2. The lowest BCUT2D eigenvalue weighted by Gasteiger charge is -2.04. The lowest BCUT2D eigenvalue weighted by atomic mass is 10.1. The standard InChI is InChI=1S/C18H17N5O2S2/c19-16(25)20-10-12-6-8-14(9-7-12)15(24)21-17-22-23-18(27-17)26-11-13-4-2-1-3-5-13/h1-9H,10-11H2,(H3,19,20,25)(H,21,22,24). The number of aromatic nitrogens is 2. The minimum atomic E-state index is -0.589. The highest BCUT2D eigenvalue weighted by Gasteiger charge is 2.11. The van der Waals surface area contributed by atoms with Gasteiger partial charge in [-0.15, -0.1) is 10.2 Å². The number of urea groups is 1. The molecule has 3 aromatic rings. The van der Waals surface area contributed by atoms with Crippen molar-refractivity contribution in [3.63, 3.8) is 0 Å². The molecule has 0 unspecified atom stereocenters. The minimum absolute atomic E-state index is 0.264. The van der Waals surface area contributed by atoms with Gasteiger partial charge in [0.1, 0.15) is 0 Å². The Kier molecular flexibility index (Phi) is 6.39. The Morgan fingerprint density at radius 1 is 1.00 bits per heavy atom. The highest BCUT2D eigenvalue weighted by molar-refractivity contribution is 8.00. The number of hydrogen-bond donors (Lipinski definition) is 3. The molecular weight excluding hydrogens is 382 g/mol. The van der Waals surface area contributed by atoms with Gasteiger partial charge in [0, 0.05) is 17.9 Å². The molecule has 0 aliphatic rings. The van der Waals surface area contributed by atoms with E-state index in [1.807, 2.05) is 18.2 Å². The molecule has 1 heterocycles. The van der Waals surface area contributed by atoms with Crippen LogP contribution < -0.4 is 16.4 Å². The summed E-state index contributed by atoms with van der Waals surface area (Å²) in [7, 11) is 0. The Morgan fingerprint density at radius 3 is 2.44 bits per heavy atom. The van der Waals surface area contributed by atoms with Gasteiger partial charge in [0.05, 0.1) is 0 Å². The molecule has 0 spiro atoms. The van der Waals surface area contributed by atoms with Crippen molar-refractivity contribution in [2.24, 2.45) is 5.73 Å². The first-order valence-electron chi connectivity index (χ1n) is 8.04. The highest BCUT2D eigenvalue weighted by atomic mass is 32.2. The number of rotatable bonds is 7. The molecule has 138 valence electrons. The summed E-state index contributed by atoms with van der Waals surface area (Å²) in [4.78, 5) is 23.0. The molecule has 0 atom stereocenters. The van der Waals surface area contributed by atoms with Crippen LogP contribution in [0.5, 0.6) is 0 Å². The number of carbonyl (C=O) groups is 2. The summed E-state index contributed by atoms with van der Waals surface area (Å²) in [6.45, 7) is 0.315. The topological polar surface area (TPSA) is 110 Å². The lowest BCUT2D eigenvalue weighted by molar-refractivity contribution is 0.102. The van der Waals surface area contributed by atoms with Crippen molar-refractivity contribution in [1.82, 2.24) is 15.5 Å². The molecule has 0 radical (unpaired) electrons. The Bertz CT molecular complexity index is 913. The second-order valence-corrected chi connectivity index (χ2v) is 7.72. The number of amides is 3. The summed E-state index contributed by atoms with van der Waals surface area (Å²) in [5, 5.41) is 13.8. The molecule has 0 bridgehead atoms. The molecule has 4 N–H and O–H groups in total. The molecule has 0 aliphatic heterocycles. The Balaban J connectivity index is 1.53. The van der Waals surface area contributed by atoms with Crippen LogP contribution in [0.1, 0.15) is 21.5 Å². The van der Waals surface area contributed by atoms with Gasteiger partial charge in [0.25, 0.3) is 5.91 Å². The molecule has 3 amide bonds. The van der Waals surface area contributed by atoms with Crippen LogP contribution in [0, 0.1) is 0 Å². The van der Waals surface area contributed by atoms with E-state index >= 15 is 0 Å². The van der Waals surface area contributed by atoms with Gasteiger partial charge in [0.2, 0.25) is 5.13 Å². The molecule has 27 heavy (non-hydrogen) atoms. The van der Waals surface area contributed by atoms with E-state index in [0.29, 0.717) is 17.2 Å². The van der Waals surface area contributed by atoms with E-state index in [-0.39, 0.29) is 5.91 Å². The normalized spacial score (nSPS) is 10.4. The lowest BCUT2D eigenvalue weighted by Crippen LogP contribution is -2.28. The van der Waals surface area contributed by atoms with Crippen molar-refractivity contribution in [3.8, 4) is 0 Å². The van der Waals surface area contributed by atoms with Crippen molar-refractivity contribution in [2.75, 3.05) is 5.32 Å². The predicted molar refractivity (Wildman–Crippen MR) is 107 cm³/mol. The van der Waals surface area contributed by atoms with E-state index in [4.69, 9.17) is 5.73 Å². The summed E-state index contributed by atoms with van der Waals surface area (Å²) in [6, 6.07) is 16.4. The second kappa shape index (κ2) is 9.15. The first-order chi connectivity index (χ1) is 13.1. The van der Waals surface area contributed by atoms with E-state index < -0.39 is 6.03 Å². The molecule has 0 aliphatic carbocycles. The van der Waals surface area contributed by atoms with Crippen LogP contribution in [-0.4, -0.2) is 22.1 Å². The average molecular weight is 400 g/mol. The van der Waals surface area contributed by atoms with Crippen LogP contribution in [0.4, 0.5) is 9.93 Å². The van der Waals surface area contributed by atoms with Gasteiger partial charge < -0.3 is 11.1 Å². The third-order valence-electron chi connectivity index (χ3n) is 3.51. The van der Waals surface area contributed by atoms with E-state index in [0.717, 1.165) is 15.7 Å². The molecule has 0 fully saturated rings. The fourth-order valence-corrected chi connectivity index (χ4v) is 3.87. The number of carbonyl (C=O) groups excluding carboxylic acids is 2. The van der Waals surface area contributed by atoms with Crippen molar-refractivity contribution in [1.29, 1.82) is 0 Å². The fraction of sp³-hybridized carbons (Fsp3) is 0.111. The number of benzene rings is 2. The third kappa shape index (κ3) is 5.80. The Labute approximate surface area is 164 Å². The van der Waals surface area contributed by atoms with Crippen molar-refractivity contribution >= 4 is 40.2 Å². The average Bonchev–Trinajstić information content (AvgIpc) is 3.13. The molecular formula is C18H17N5O2S2. The molecule has 2 aromatic carbocycles. The molecule has 9 heteroatoms. The van der Waals surface area contributed by atoms with Gasteiger partial charge in [0.15, 0.2) is 4.34 Å². The maximum absolute atomic E-state index is 12.3. The Morgan fingerprint density at radius 2 is 1.74 bits per heavy atom. The third-order valence-corrected chi connectivity index (χ3v) is 5.56. The summed E-state index contributed by atoms with van der Waals surface area (Å²) >= 11 is 2.91. The SMILES string of the molecule is NC(=O)NCc1ccc(C(=O)Nc2nnc(SCc3ccccc3)s2)cc1. The quantitative estimate of drug-likeness (QED) is 0.417. The first kappa shape index (κ1) is 18.9. The van der Waals surface area contributed by atoms with Crippen LogP contribution in [0.25, 0.3) is 0 Å². The van der Waals surface area contributed by atoms with Crippen LogP contribution in [0.15, 0.2) is 58.9 Å². The minimum Gasteiger partial charge on any atom is -0.352 e. The molecule has 7 nitrogen and oxygen atoms in total. The molecule has 3 rings (SSSR count). The van der Waals surface area contributed by atoms with Gasteiger partial charge in [-0.05, 0) is 23.3 Å². The van der Waals surface area contributed by atoms with E-state index in [1.54, 1.807) is 36.0 Å². The van der Waals surface area contributed by atoms with Crippen molar-refractivity contribution in [2.45, 2.75) is 16.6 Å². The largest absolute Gasteiger partial charge is 0.352 e. The van der Waals surface area contributed by atoms with Gasteiger partial charge in [-0.3, -0.25) is 10.1 Å². The van der Waals surface area contributed by atoms with Gasteiger partial charge >= 0.3 is 6.03 Å². The summed E-state index contributed by atoms with van der Waals surface area (Å²) in [6.07, 6.45) is 0. The van der Waals surface area contributed by atoms with Crippen LogP contribution in [0.2, 0.25) is 0 Å². The van der Waals surface area contributed by atoms with Gasteiger partial charge in [-0.1, -0.05) is 65.6 Å².